The van der Waals surface area contributed by atoms with E-state index in [1.54, 1.807) is 0 Å². The number of unbranched alkanes of at least 4 members (excludes halogenated alkanes) is 1. The average Bonchev–Trinajstić information content (AvgIpc) is 3.02. The average molecular weight is 764 g/mol. The van der Waals surface area contributed by atoms with Crippen molar-refractivity contribution in [3.8, 4) is 0 Å². The van der Waals surface area contributed by atoms with Crippen molar-refractivity contribution in [3.05, 3.63) is 0 Å². The molecule has 19 heteroatoms. The Morgan fingerprint density at radius 3 is 1.58 bits per heavy atom. The fourth-order valence-corrected chi connectivity index (χ4v) is 6.40. The molecule has 0 aliphatic rings. The number of nitrogens with two attached hydrogens (primary N) is 1. The summed E-state index contributed by atoms with van der Waals surface area (Å²) in [4.78, 5) is 58.5. The number of aliphatic hydroxyl groups is 3. The van der Waals surface area contributed by atoms with Crippen LogP contribution < -0.4 is 16.4 Å². The van der Waals surface area contributed by atoms with Crippen LogP contribution in [0.25, 0.3) is 0 Å². The Balaban J connectivity index is 4.68. The van der Waals surface area contributed by atoms with E-state index in [0.29, 0.717) is 97.4 Å². The van der Waals surface area contributed by atoms with Crippen LogP contribution in [-0.4, -0.2) is 201 Å². The summed E-state index contributed by atoms with van der Waals surface area (Å²) in [6.45, 7) is 11.8. The molecule has 0 aromatic rings. The van der Waals surface area contributed by atoms with Gasteiger partial charge in [-0.3, -0.25) is 9.80 Å². The molecule has 0 bridgehead atoms. The Morgan fingerprint density at radius 2 is 1.10 bits per heavy atom. The molecule has 0 aliphatic heterocycles. The van der Waals surface area contributed by atoms with Gasteiger partial charge in [-0.2, -0.15) is 0 Å². The number of ether oxygens (including phenoxy) is 3. The molecule has 0 saturated carbocycles. The van der Waals surface area contributed by atoms with Crippen molar-refractivity contribution in [2.75, 3.05) is 112 Å². The zero-order valence-electron chi connectivity index (χ0n) is 30.7. The molecule has 50 heavy (non-hydrogen) atoms. The van der Waals surface area contributed by atoms with E-state index in [-0.39, 0.29) is 45.1 Å². The number of aliphatic hydroxyl groups excluding tert-OH is 3. The van der Waals surface area contributed by atoms with Crippen molar-refractivity contribution in [3.63, 3.8) is 0 Å². The highest BCUT2D eigenvalue weighted by molar-refractivity contribution is 6.56. The molecule has 0 aromatic carbocycles. The van der Waals surface area contributed by atoms with Crippen molar-refractivity contribution < 1.29 is 58.3 Å². The van der Waals surface area contributed by atoms with Crippen molar-refractivity contribution in [1.82, 2.24) is 20.4 Å². The van der Waals surface area contributed by atoms with Gasteiger partial charge >= 0.3 is 17.6 Å². The molecule has 13 N–H and O–H groups in total. The van der Waals surface area contributed by atoms with E-state index < -0.39 is 35.9 Å². The van der Waals surface area contributed by atoms with Gasteiger partial charge in [0.1, 0.15) is 0 Å². The minimum Gasteiger partial charge on any atom is -0.390 e. The zero-order valence-corrected chi connectivity index (χ0v) is 32.7. The van der Waals surface area contributed by atoms with E-state index in [9.17, 15) is 15.3 Å². The molecule has 0 amide bonds. The zero-order chi connectivity index (χ0) is 37.7. The summed E-state index contributed by atoms with van der Waals surface area (Å²) in [6.07, 6.45) is 2.93. The second-order valence-electron chi connectivity index (χ2n) is 13.2. The van der Waals surface area contributed by atoms with Gasteiger partial charge in [0, 0.05) is 104 Å². The largest absolute Gasteiger partial charge is 0.492 e. The van der Waals surface area contributed by atoms with E-state index in [4.69, 9.17) is 48.7 Å². The molecule has 4 atom stereocenters. The van der Waals surface area contributed by atoms with Gasteiger partial charge in [-0.05, 0) is 25.2 Å². The van der Waals surface area contributed by atoms with Crippen molar-refractivity contribution in [1.29, 1.82) is 0 Å². The Bertz CT molecular complexity index is 762. The lowest BCUT2D eigenvalue weighted by Gasteiger charge is -2.27. The Hall–Kier alpha value is -0.246. The molecular weight excluding hydrogens is 691 g/mol. The SMILES string of the molecule is CCCCC(CC)COCC(O)CN(CCNCCN(CCN)CC(O)COCCC[Si](O)(O)O)CCNCC(O)COCCC[Si](O)(O)O. The van der Waals surface area contributed by atoms with Crippen molar-refractivity contribution in [2.24, 2.45) is 11.7 Å². The third-order valence-corrected chi connectivity index (χ3v) is 10.1. The van der Waals surface area contributed by atoms with Crippen LogP contribution in [-0.2, 0) is 14.2 Å². The van der Waals surface area contributed by atoms with Crippen LogP contribution in [0.2, 0.25) is 12.1 Å². The highest BCUT2D eigenvalue weighted by atomic mass is 28.4. The molecule has 0 aliphatic carbocycles. The van der Waals surface area contributed by atoms with Gasteiger partial charge in [-0.1, -0.05) is 33.1 Å². The molecule has 302 valence electrons. The van der Waals surface area contributed by atoms with Crippen molar-refractivity contribution >= 4 is 17.6 Å². The molecule has 0 fully saturated rings. The van der Waals surface area contributed by atoms with Crippen LogP contribution in [0.4, 0.5) is 0 Å². The van der Waals surface area contributed by atoms with Gasteiger partial charge in [0.05, 0.1) is 38.1 Å². The molecule has 0 rings (SSSR count). The van der Waals surface area contributed by atoms with Crippen LogP contribution in [0.15, 0.2) is 0 Å². The fraction of sp³-hybridized carbons (Fsp3) is 1.00. The van der Waals surface area contributed by atoms with Crippen LogP contribution in [0.5, 0.6) is 0 Å². The first-order chi connectivity index (χ1) is 23.7. The van der Waals surface area contributed by atoms with Gasteiger partial charge in [0.2, 0.25) is 0 Å². The predicted octanol–water partition coefficient (Wildman–Crippen LogP) is -3.31. The van der Waals surface area contributed by atoms with Crippen LogP contribution in [0.1, 0.15) is 52.4 Å². The Kier molecular flexibility index (Phi) is 31.0. The first-order valence-electron chi connectivity index (χ1n) is 18.4. The highest BCUT2D eigenvalue weighted by Crippen LogP contribution is 2.13. The van der Waals surface area contributed by atoms with Crippen LogP contribution in [0, 0.1) is 5.92 Å². The van der Waals surface area contributed by atoms with E-state index in [1.165, 1.54) is 6.42 Å². The predicted molar refractivity (Wildman–Crippen MR) is 195 cm³/mol. The third-order valence-electron chi connectivity index (χ3n) is 8.01. The molecule has 4 unspecified atom stereocenters. The molecule has 0 radical (unpaired) electrons. The maximum Gasteiger partial charge on any atom is 0.492 e. The summed E-state index contributed by atoms with van der Waals surface area (Å²) >= 11 is 0. The van der Waals surface area contributed by atoms with Crippen LogP contribution in [0.3, 0.4) is 0 Å². The summed E-state index contributed by atoms with van der Waals surface area (Å²) in [7, 11) is -8.14. The standard InChI is InChI=1S/C31H73N5O12Si2/c1-3-5-8-28(4-2)24-48-27-31(39)23-36(16-12-34-21-29(37)25-46-17-6-19-49(40,41)42)15-11-33-10-14-35(13-9-32)22-30(38)26-47-18-7-20-50(43,44)45/h28-31,33-34,37-45H,3-27,32H2,1-2H3. The summed E-state index contributed by atoms with van der Waals surface area (Å²) < 4.78 is 16.6. The van der Waals surface area contributed by atoms with Gasteiger partial charge in [0.15, 0.2) is 0 Å². The summed E-state index contributed by atoms with van der Waals surface area (Å²) in [5.74, 6) is 0.493. The normalized spacial score (nSPS) is 15.2. The summed E-state index contributed by atoms with van der Waals surface area (Å²) in [6, 6.07) is -0.221. The van der Waals surface area contributed by atoms with Gasteiger partial charge in [-0.25, -0.2) is 0 Å². The molecule has 0 aromatic heterocycles. The van der Waals surface area contributed by atoms with Gasteiger partial charge in [0.25, 0.3) is 0 Å². The number of nitrogens with zero attached hydrogens (tertiary/aromatic N) is 2. The highest BCUT2D eigenvalue weighted by Gasteiger charge is 2.26. The number of hydrogen-bond donors (Lipinski definition) is 12. The molecule has 0 heterocycles. The monoisotopic (exact) mass is 763 g/mol. The quantitative estimate of drug-likeness (QED) is 0.0218. The molecule has 0 saturated heterocycles. The van der Waals surface area contributed by atoms with Gasteiger partial charge in [-0.15, -0.1) is 0 Å². The smallest absolute Gasteiger partial charge is 0.390 e. The first-order valence-corrected chi connectivity index (χ1v) is 22.5. The molecule has 0 spiro atoms. The summed E-state index contributed by atoms with van der Waals surface area (Å²) in [5.41, 5.74) is 5.77. The van der Waals surface area contributed by atoms with E-state index in [1.807, 2.05) is 4.90 Å². The number of rotatable bonds is 37. The topological polar surface area (TPSA) is 266 Å². The second-order valence-corrected chi connectivity index (χ2v) is 17.3. The van der Waals surface area contributed by atoms with E-state index in [2.05, 4.69) is 29.4 Å². The lowest BCUT2D eigenvalue weighted by molar-refractivity contribution is 0.00285. The Labute approximate surface area is 302 Å². The maximum atomic E-state index is 10.8. The lowest BCUT2D eigenvalue weighted by Crippen LogP contribution is -2.45. The first kappa shape index (κ1) is 49.8. The lowest BCUT2D eigenvalue weighted by atomic mass is 10.0. The van der Waals surface area contributed by atoms with E-state index >= 15 is 0 Å². The van der Waals surface area contributed by atoms with Crippen molar-refractivity contribution in [2.45, 2.75) is 82.8 Å². The minimum absolute atomic E-state index is 0.0808. The second kappa shape index (κ2) is 31.1. The van der Waals surface area contributed by atoms with Gasteiger partial charge < -0.3 is 74.7 Å². The minimum atomic E-state index is -4.07. The maximum absolute atomic E-state index is 10.8. The molecular formula is C31H73N5O12Si2. The fourth-order valence-electron chi connectivity index (χ4n) is 5.17. The molecule has 17 nitrogen and oxygen atoms in total. The third kappa shape index (κ3) is 33.6. The van der Waals surface area contributed by atoms with E-state index in [0.717, 1.165) is 19.3 Å². The summed E-state index contributed by atoms with van der Waals surface area (Å²) in [5, 5.41) is 38.0. The number of nitrogens with one attached hydrogen (secondary N) is 2. The Morgan fingerprint density at radius 1 is 0.620 bits per heavy atom. The number of hydrogen-bond acceptors (Lipinski definition) is 17. The van der Waals surface area contributed by atoms with Crippen LogP contribution >= 0.6 is 0 Å².